The van der Waals surface area contributed by atoms with E-state index in [9.17, 15) is 9.59 Å². The van der Waals surface area contributed by atoms with Crippen LogP contribution in [0.4, 0.5) is 11.8 Å². The topological polar surface area (TPSA) is 124 Å². The van der Waals surface area contributed by atoms with Crippen molar-refractivity contribution in [3.63, 3.8) is 0 Å². The predicted molar refractivity (Wildman–Crippen MR) is 114 cm³/mol. The lowest BCUT2D eigenvalue weighted by molar-refractivity contribution is 0.0517. The Bertz CT molecular complexity index is 1080. The van der Waals surface area contributed by atoms with Crippen molar-refractivity contribution in [2.45, 2.75) is 38.3 Å². The number of esters is 1. The first kappa shape index (κ1) is 20.5. The molecule has 2 atom stereocenters. The molecule has 0 aliphatic heterocycles. The summed E-state index contributed by atoms with van der Waals surface area (Å²) in [5, 5.41) is 14.5. The standard InChI is InChI=1S/C21H23N7O3/c1-2-31-20(30)17-13-23-21(27-26-17)25-15-7-6-14(11-15)24-18-9-8-16(12-22-18)28-10-4-3-5-19(28)29/h3-5,8-10,12-15H,2,6-7,11H2,1H3,(H,22,24)(H,23,25,27)/t14-,15-/m0/s1. The van der Waals surface area contributed by atoms with Gasteiger partial charge in [0.1, 0.15) is 5.82 Å². The minimum Gasteiger partial charge on any atom is -0.461 e. The van der Waals surface area contributed by atoms with Gasteiger partial charge in [-0.25, -0.2) is 14.8 Å². The van der Waals surface area contributed by atoms with Crippen LogP contribution in [-0.4, -0.2) is 49.4 Å². The van der Waals surface area contributed by atoms with Crippen LogP contribution >= 0.6 is 0 Å². The maximum absolute atomic E-state index is 11.9. The summed E-state index contributed by atoms with van der Waals surface area (Å²) < 4.78 is 6.43. The van der Waals surface area contributed by atoms with Crippen molar-refractivity contribution in [3.05, 3.63) is 65.0 Å². The zero-order chi connectivity index (χ0) is 21.6. The van der Waals surface area contributed by atoms with Gasteiger partial charge >= 0.3 is 5.97 Å². The average Bonchev–Trinajstić information content (AvgIpc) is 3.22. The second kappa shape index (κ2) is 9.33. The van der Waals surface area contributed by atoms with Crippen LogP contribution in [0.5, 0.6) is 0 Å². The van der Waals surface area contributed by atoms with Crippen LogP contribution < -0.4 is 16.2 Å². The lowest BCUT2D eigenvalue weighted by Crippen LogP contribution is -2.22. The highest BCUT2D eigenvalue weighted by Crippen LogP contribution is 2.24. The summed E-state index contributed by atoms with van der Waals surface area (Å²) in [6.07, 6.45) is 7.53. The number of carbonyl (C=O) groups excluding carboxylic acids is 1. The molecule has 0 saturated heterocycles. The Kier molecular flexibility index (Phi) is 6.16. The largest absolute Gasteiger partial charge is 0.461 e. The smallest absolute Gasteiger partial charge is 0.360 e. The van der Waals surface area contributed by atoms with Crippen LogP contribution in [0, 0.1) is 0 Å². The number of hydrogen-bond donors (Lipinski definition) is 2. The number of hydrogen-bond acceptors (Lipinski definition) is 9. The minimum atomic E-state index is -0.533. The maximum atomic E-state index is 11.9. The molecule has 1 saturated carbocycles. The van der Waals surface area contributed by atoms with Crippen molar-refractivity contribution in [2.75, 3.05) is 17.2 Å². The SMILES string of the molecule is CCOC(=O)c1cnc(N[C@H]2CC[C@H](Nc3ccc(-n4ccccc4=O)cn3)C2)nn1. The van der Waals surface area contributed by atoms with E-state index in [1.165, 1.54) is 12.3 Å². The fourth-order valence-electron chi connectivity index (χ4n) is 3.53. The van der Waals surface area contributed by atoms with Crippen molar-refractivity contribution in [1.82, 2.24) is 24.7 Å². The Hall–Kier alpha value is -3.82. The Labute approximate surface area is 178 Å². The molecule has 0 aromatic carbocycles. The zero-order valence-corrected chi connectivity index (χ0v) is 17.1. The lowest BCUT2D eigenvalue weighted by Gasteiger charge is -2.15. The fraction of sp³-hybridized carbons (Fsp3) is 0.333. The summed E-state index contributed by atoms with van der Waals surface area (Å²) in [5.41, 5.74) is 0.713. The summed E-state index contributed by atoms with van der Waals surface area (Å²) in [6.45, 7) is 2.01. The van der Waals surface area contributed by atoms with Crippen LogP contribution in [0.1, 0.15) is 36.7 Å². The van der Waals surface area contributed by atoms with E-state index in [4.69, 9.17) is 4.74 Å². The number of pyridine rings is 2. The molecule has 160 valence electrons. The first-order valence-electron chi connectivity index (χ1n) is 10.2. The van der Waals surface area contributed by atoms with Gasteiger partial charge in [0.2, 0.25) is 5.95 Å². The van der Waals surface area contributed by atoms with Gasteiger partial charge < -0.3 is 15.4 Å². The quantitative estimate of drug-likeness (QED) is 0.551. The zero-order valence-electron chi connectivity index (χ0n) is 17.1. The molecule has 10 heteroatoms. The summed E-state index contributed by atoms with van der Waals surface area (Å²) >= 11 is 0. The molecule has 0 radical (unpaired) electrons. The first-order valence-corrected chi connectivity index (χ1v) is 10.2. The fourth-order valence-corrected chi connectivity index (χ4v) is 3.53. The molecule has 3 aromatic rings. The highest BCUT2D eigenvalue weighted by molar-refractivity contribution is 5.86. The van der Waals surface area contributed by atoms with E-state index in [1.54, 1.807) is 30.0 Å². The van der Waals surface area contributed by atoms with Gasteiger partial charge in [0.05, 0.1) is 24.7 Å². The maximum Gasteiger partial charge on any atom is 0.360 e. The van der Waals surface area contributed by atoms with Crippen molar-refractivity contribution in [1.29, 1.82) is 0 Å². The molecule has 1 aliphatic carbocycles. The number of carbonyl (C=O) groups is 1. The van der Waals surface area contributed by atoms with Crippen molar-refractivity contribution in [3.8, 4) is 5.69 Å². The molecule has 1 aliphatic rings. The molecule has 2 N–H and O–H groups in total. The highest BCUT2D eigenvalue weighted by Gasteiger charge is 2.25. The summed E-state index contributed by atoms with van der Waals surface area (Å²) in [7, 11) is 0. The molecule has 3 aromatic heterocycles. The van der Waals surface area contributed by atoms with Crippen molar-refractivity contribution < 1.29 is 9.53 Å². The van der Waals surface area contributed by atoms with E-state index < -0.39 is 5.97 Å². The molecule has 31 heavy (non-hydrogen) atoms. The first-order chi connectivity index (χ1) is 15.1. The van der Waals surface area contributed by atoms with E-state index in [0.717, 1.165) is 30.8 Å². The van der Waals surface area contributed by atoms with Gasteiger partial charge in [-0.15, -0.1) is 10.2 Å². The van der Waals surface area contributed by atoms with Gasteiger partial charge in [0.15, 0.2) is 5.69 Å². The lowest BCUT2D eigenvalue weighted by atomic mass is 10.2. The van der Waals surface area contributed by atoms with Crippen LogP contribution in [0.2, 0.25) is 0 Å². The molecular formula is C21H23N7O3. The molecule has 0 unspecified atom stereocenters. The number of rotatable bonds is 7. The molecule has 0 spiro atoms. The Morgan fingerprint density at radius 3 is 2.61 bits per heavy atom. The van der Waals surface area contributed by atoms with E-state index in [1.807, 2.05) is 18.2 Å². The third-order valence-corrected chi connectivity index (χ3v) is 5.01. The summed E-state index contributed by atoms with van der Waals surface area (Å²) in [6, 6.07) is 9.22. The van der Waals surface area contributed by atoms with Crippen molar-refractivity contribution in [2.24, 2.45) is 0 Å². The van der Waals surface area contributed by atoms with Gasteiger partial charge in [-0.2, -0.15) is 0 Å². The molecular weight excluding hydrogens is 398 g/mol. The number of ether oxygens (including phenoxy) is 1. The molecule has 0 amide bonds. The Morgan fingerprint density at radius 2 is 1.94 bits per heavy atom. The minimum absolute atomic E-state index is 0.0886. The molecule has 3 heterocycles. The Morgan fingerprint density at radius 1 is 1.10 bits per heavy atom. The molecule has 10 nitrogen and oxygen atoms in total. The van der Waals surface area contributed by atoms with E-state index >= 15 is 0 Å². The number of aromatic nitrogens is 5. The normalized spacial score (nSPS) is 17.8. The van der Waals surface area contributed by atoms with Gasteiger partial charge in [-0.3, -0.25) is 9.36 Å². The van der Waals surface area contributed by atoms with Gasteiger partial charge in [0, 0.05) is 24.3 Å². The third-order valence-electron chi connectivity index (χ3n) is 5.01. The van der Waals surface area contributed by atoms with Gasteiger partial charge in [-0.1, -0.05) is 6.07 Å². The third kappa shape index (κ3) is 5.03. The molecule has 1 fully saturated rings. The average molecular weight is 421 g/mol. The monoisotopic (exact) mass is 421 g/mol. The van der Waals surface area contributed by atoms with E-state index in [0.29, 0.717) is 5.95 Å². The van der Waals surface area contributed by atoms with Crippen molar-refractivity contribution >= 4 is 17.7 Å². The van der Waals surface area contributed by atoms with Crippen LogP contribution in [0.15, 0.2) is 53.7 Å². The molecule has 0 bridgehead atoms. The number of nitrogens with zero attached hydrogens (tertiary/aromatic N) is 5. The summed E-state index contributed by atoms with van der Waals surface area (Å²) in [5.74, 6) is 0.611. The predicted octanol–water partition coefficient (Wildman–Crippen LogP) is 2.04. The second-order valence-electron chi connectivity index (χ2n) is 7.19. The van der Waals surface area contributed by atoms with Gasteiger partial charge in [0.25, 0.3) is 5.56 Å². The van der Waals surface area contributed by atoms with Crippen LogP contribution in [0.25, 0.3) is 5.69 Å². The van der Waals surface area contributed by atoms with Gasteiger partial charge in [-0.05, 0) is 44.4 Å². The Balaban J connectivity index is 1.31. The van der Waals surface area contributed by atoms with Crippen LogP contribution in [0.3, 0.4) is 0 Å². The highest BCUT2D eigenvalue weighted by atomic mass is 16.5. The van der Waals surface area contributed by atoms with Crippen LogP contribution in [-0.2, 0) is 4.74 Å². The summed E-state index contributed by atoms with van der Waals surface area (Å²) in [4.78, 5) is 32.1. The number of anilines is 2. The second-order valence-corrected chi connectivity index (χ2v) is 7.19. The number of nitrogens with one attached hydrogen (secondary N) is 2. The van der Waals surface area contributed by atoms with E-state index in [-0.39, 0.29) is 29.9 Å². The molecule has 4 rings (SSSR count). The van der Waals surface area contributed by atoms with E-state index in [2.05, 4.69) is 30.8 Å².